The van der Waals surface area contributed by atoms with Crippen molar-refractivity contribution in [1.82, 2.24) is 9.62 Å². The van der Waals surface area contributed by atoms with E-state index in [9.17, 15) is 18.0 Å². The van der Waals surface area contributed by atoms with Crippen molar-refractivity contribution in [2.24, 2.45) is 0 Å². The second kappa shape index (κ2) is 8.02. The molecule has 1 aliphatic rings. The van der Waals surface area contributed by atoms with Crippen LogP contribution in [0.5, 0.6) is 0 Å². The number of carbonyl (C=O) groups excluding carboxylic acids is 2. The van der Waals surface area contributed by atoms with Crippen LogP contribution in [0, 0.1) is 0 Å². The third-order valence-electron chi connectivity index (χ3n) is 4.42. The first-order valence-corrected chi connectivity index (χ1v) is 10.6. The van der Waals surface area contributed by atoms with Gasteiger partial charge in [-0.15, -0.1) is 0 Å². The normalized spacial score (nSPS) is 14.8. The Bertz CT molecular complexity index is 988. The highest BCUT2D eigenvalue weighted by Crippen LogP contribution is 2.32. The number of amides is 2. The second-order valence-electron chi connectivity index (χ2n) is 6.81. The van der Waals surface area contributed by atoms with E-state index in [1.807, 2.05) is 30.3 Å². The fourth-order valence-electron chi connectivity index (χ4n) is 3.08. The molecule has 0 unspecified atom stereocenters. The number of hydrogen-bond acceptors (Lipinski definition) is 5. The molecular weight excluding hydrogens is 378 g/mol. The quantitative estimate of drug-likeness (QED) is 0.695. The van der Waals surface area contributed by atoms with E-state index in [4.69, 9.17) is 0 Å². The molecule has 0 saturated heterocycles. The maximum absolute atomic E-state index is 12.6. The highest BCUT2D eigenvalue weighted by Gasteiger charge is 2.42. The number of carbonyl (C=O) groups is 2. The number of fused-ring (bicyclic) bond motifs is 1. The van der Waals surface area contributed by atoms with E-state index >= 15 is 0 Å². The summed E-state index contributed by atoms with van der Waals surface area (Å²) in [6.07, 6.45) is 0.712. The van der Waals surface area contributed by atoms with E-state index in [0.29, 0.717) is 19.5 Å². The lowest BCUT2D eigenvalue weighted by atomic mass is 10.1. The average molecular weight is 401 g/mol. The van der Waals surface area contributed by atoms with E-state index in [1.54, 1.807) is 13.8 Å². The Morgan fingerprint density at radius 2 is 1.79 bits per heavy atom. The lowest BCUT2D eigenvalue weighted by Gasteiger charge is -2.18. The van der Waals surface area contributed by atoms with Gasteiger partial charge in [-0.1, -0.05) is 18.2 Å². The molecule has 148 valence electrons. The number of rotatable bonds is 7. The van der Waals surface area contributed by atoms with Gasteiger partial charge >= 0.3 is 0 Å². The molecule has 0 spiro atoms. The summed E-state index contributed by atoms with van der Waals surface area (Å²) in [4.78, 5) is 24.6. The maximum Gasteiger partial charge on any atom is 0.269 e. The first-order valence-electron chi connectivity index (χ1n) is 9.12. The molecule has 1 aliphatic heterocycles. The van der Waals surface area contributed by atoms with Crippen LogP contribution in [0.3, 0.4) is 0 Å². The summed E-state index contributed by atoms with van der Waals surface area (Å²) in [5, 5.41) is 6.03. The third-order valence-corrected chi connectivity index (χ3v) is 6.42. The molecule has 28 heavy (non-hydrogen) atoms. The van der Waals surface area contributed by atoms with Crippen molar-refractivity contribution in [1.29, 1.82) is 0 Å². The summed E-state index contributed by atoms with van der Waals surface area (Å²) in [6.45, 7) is 4.41. The van der Waals surface area contributed by atoms with Gasteiger partial charge in [0.1, 0.15) is 4.90 Å². The van der Waals surface area contributed by atoms with Gasteiger partial charge in [0.2, 0.25) is 0 Å². The van der Waals surface area contributed by atoms with Gasteiger partial charge < -0.3 is 10.6 Å². The molecule has 2 aromatic rings. The summed E-state index contributed by atoms with van der Waals surface area (Å²) in [6, 6.07) is 13.4. The van der Waals surface area contributed by atoms with Crippen molar-refractivity contribution in [3.05, 3.63) is 59.7 Å². The Morgan fingerprint density at radius 1 is 1.07 bits per heavy atom. The molecule has 1 heterocycles. The summed E-state index contributed by atoms with van der Waals surface area (Å²) < 4.78 is 26.1. The number of anilines is 1. The lowest BCUT2D eigenvalue weighted by molar-refractivity contribution is 0.0845. The van der Waals surface area contributed by atoms with E-state index in [-0.39, 0.29) is 21.9 Å². The van der Waals surface area contributed by atoms with E-state index < -0.39 is 22.0 Å². The highest BCUT2D eigenvalue weighted by molar-refractivity contribution is 7.90. The molecule has 0 bridgehead atoms. The molecule has 8 heteroatoms. The summed E-state index contributed by atoms with van der Waals surface area (Å²) in [7, 11) is -3.92. The van der Waals surface area contributed by atoms with Crippen LogP contribution in [-0.4, -0.2) is 43.7 Å². The standard InChI is InChI=1S/C20H23N3O4S/c1-14(2)23-20(25)17-10-9-15(13-18(17)28(23,26)27)19(24)22-12-6-11-21-16-7-4-3-5-8-16/h3-5,7-10,13-14,21H,6,11-12H2,1-2H3,(H,22,24). The minimum atomic E-state index is -3.92. The van der Waals surface area contributed by atoms with Crippen molar-refractivity contribution < 1.29 is 18.0 Å². The molecular formula is C20H23N3O4S. The minimum absolute atomic E-state index is 0.107. The van der Waals surface area contributed by atoms with Gasteiger partial charge in [-0.3, -0.25) is 9.59 Å². The molecule has 3 rings (SSSR count). The van der Waals surface area contributed by atoms with Gasteiger partial charge in [0, 0.05) is 30.4 Å². The monoisotopic (exact) mass is 401 g/mol. The molecule has 2 aromatic carbocycles. The Labute approximate surface area is 164 Å². The topological polar surface area (TPSA) is 95.6 Å². The number of para-hydroxylation sites is 1. The minimum Gasteiger partial charge on any atom is -0.385 e. The Hall–Kier alpha value is -2.87. The average Bonchev–Trinajstić information content (AvgIpc) is 2.87. The van der Waals surface area contributed by atoms with Crippen molar-refractivity contribution in [2.75, 3.05) is 18.4 Å². The van der Waals surface area contributed by atoms with E-state index in [0.717, 1.165) is 9.99 Å². The van der Waals surface area contributed by atoms with Crippen LogP contribution in [0.2, 0.25) is 0 Å². The first kappa shape index (κ1) is 19.9. The number of sulfonamides is 1. The van der Waals surface area contributed by atoms with Crippen LogP contribution in [0.25, 0.3) is 0 Å². The molecule has 2 amide bonds. The predicted molar refractivity (Wildman–Crippen MR) is 107 cm³/mol. The van der Waals surface area contributed by atoms with Gasteiger partial charge in [-0.2, -0.15) is 0 Å². The molecule has 0 aliphatic carbocycles. The molecule has 0 aromatic heterocycles. The number of nitrogens with one attached hydrogen (secondary N) is 2. The molecule has 0 saturated carbocycles. The van der Waals surface area contributed by atoms with Gasteiger partial charge in [0.15, 0.2) is 0 Å². The number of hydrogen-bond donors (Lipinski definition) is 2. The van der Waals surface area contributed by atoms with Crippen LogP contribution in [0.15, 0.2) is 53.4 Å². The Kier molecular flexibility index (Phi) is 5.69. The van der Waals surface area contributed by atoms with E-state index in [1.165, 1.54) is 18.2 Å². The Balaban J connectivity index is 1.60. The fourth-order valence-corrected chi connectivity index (χ4v) is 4.87. The number of nitrogens with zero attached hydrogens (tertiary/aromatic N) is 1. The van der Waals surface area contributed by atoms with E-state index in [2.05, 4.69) is 10.6 Å². The zero-order valence-corrected chi connectivity index (χ0v) is 16.6. The van der Waals surface area contributed by atoms with Crippen LogP contribution in [-0.2, 0) is 10.0 Å². The van der Waals surface area contributed by atoms with Gasteiger partial charge in [-0.05, 0) is 50.6 Å². The smallest absolute Gasteiger partial charge is 0.269 e. The Morgan fingerprint density at radius 3 is 2.46 bits per heavy atom. The van der Waals surface area contributed by atoms with Crippen LogP contribution >= 0.6 is 0 Å². The van der Waals surface area contributed by atoms with Crippen LogP contribution < -0.4 is 10.6 Å². The van der Waals surface area contributed by atoms with Crippen molar-refractivity contribution in [3.8, 4) is 0 Å². The molecule has 0 fully saturated rings. The van der Waals surface area contributed by atoms with Crippen molar-refractivity contribution in [3.63, 3.8) is 0 Å². The zero-order chi connectivity index (χ0) is 20.3. The SMILES string of the molecule is CC(C)N1C(=O)c2ccc(C(=O)NCCCNc3ccccc3)cc2S1(=O)=O. The van der Waals surface area contributed by atoms with Crippen LogP contribution in [0.4, 0.5) is 5.69 Å². The number of benzene rings is 2. The third kappa shape index (κ3) is 3.87. The summed E-state index contributed by atoms with van der Waals surface area (Å²) >= 11 is 0. The maximum atomic E-state index is 12.6. The van der Waals surface area contributed by atoms with Gasteiger partial charge in [0.25, 0.3) is 21.8 Å². The highest BCUT2D eigenvalue weighted by atomic mass is 32.2. The summed E-state index contributed by atoms with van der Waals surface area (Å²) in [5.74, 6) is -0.919. The van der Waals surface area contributed by atoms with Gasteiger partial charge in [-0.25, -0.2) is 12.7 Å². The predicted octanol–water partition coefficient (Wildman–Crippen LogP) is 2.47. The first-order chi connectivity index (χ1) is 13.3. The van der Waals surface area contributed by atoms with Crippen LogP contribution in [0.1, 0.15) is 41.0 Å². The second-order valence-corrected chi connectivity index (χ2v) is 8.60. The fraction of sp³-hybridized carbons (Fsp3) is 0.300. The molecule has 0 radical (unpaired) electrons. The van der Waals surface area contributed by atoms with Crippen molar-refractivity contribution in [2.45, 2.75) is 31.2 Å². The molecule has 2 N–H and O–H groups in total. The summed E-state index contributed by atoms with van der Waals surface area (Å²) in [5.41, 5.74) is 1.34. The molecule has 0 atom stereocenters. The lowest BCUT2D eigenvalue weighted by Crippen LogP contribution is -2.36. The zero-order valence-electron chi connectivity index (χ0n) is 15.8. The largest absolute Gasteiger partial charge is 0.385 e. The van der Waals surface area contributed by atoms with Crippen molar-refractivity contribution >= 4 is 27.5 Å². The van der Waals surface area contributed by atoms with Gasteiger partial charge in [0.05, 0.1) is 5.56 Å². The molecule has 7 nitrogen and oxygen atoms in total.